The molecular formula is C28H29BrN4O3. The Balaban J connectivity index is 1.25. The van der Waals surface area contributed by atoms with Crippen molar-refractivity contribution in [3.05, 3.63) is 64.2 Å². The molecule has 2 fully saturated rings. The number of fused-ring (bicyclic) bond motifs is 1. The van der Waals surface area contributed by atoms with Gasteiger partial charge in [-0.25, -0.2) is 14.8 Å². The summed E-state index contributed by atoms with van der Waals surface area (Å²) in [5.41, 5.74) is 3.89. The zero-order valence-corrected chi connectivity index (χ0v) is 21.6. The van der Waals surface area contributed by atoms with E-state index < -0.39 is 17.4 Å². The summed E-state index contributed by atoms with van der Waals surface area (Å²) in [7, 11) is 0. The Bertz CT molecular complexity index is 1370. The second kappa shape index (κ2) is 9.14. The van der Waals surface area contributed by atoms with Crippen molar-refractivity contribution in [2.45, 2.75) is 69.7 Å². The fraction of sp³-hybridized carbons (Fsp3) is 0.429. The van der Waals surface area contributed by atoms with Gasteiger partial charge in [0.05, 0.1) is 9.90 Å². The SMILES string of the molecule is O=C(O)[C@H](Cc1ccc(-n2c(C3CCC3)nc3cccnc32)cc1)NC1=C(Br)C(=O)C12CCCCC2. The number of carbonyl (C=O) groups excluding carboxylic acids is 1. The van der Waals surface area contributed by atoms with Crippen molar-refractivity contribution in [1.82, 2.24) is 19.9 Å². The molecule has 0 saturated heterocycles. The Labute approximate surface area is 218 Å². The predicted molar refractivity (Wildman–Crippen MR) is 140 cm³/mol. The van der Waals surface area contributed by atoms with Crippen LogP contribution < -0.4 is 5.32 Å². The molecule has 1 spiro atoms. The molecular weight excluding hydrogens is 520 g/mol. The molecule has 6 rings (SSSR count). The van der Waals surface area contributed by atoms with Gasteiger partial charge in [0.2, 0.25) is 0 Å². The Morgan fingerprint density at radius 3 is 2.56 bits per heavy atom. The summed E-state index contributed by atoms with van der Waals surface area (Å²) in [6.07, 6.45) is 10.3. The third-order valence-corrected chi connectivity index (χ3v) is 8.96. The van der Waals surface area contributed by atoms with Gasteiger partial charge in [0.1, 0.15) is 17.4 Å². The van der Waals surface area contributed by atoms with E-state index in [0.717, 1.165) is 78.9 Å². The molecule has 3 aliphatic rings. The quantitative estimate of drug-likeness (QED) is 0.409. The summed E-state index contributed by atoms with van der Waals surface area (Å²) in [6.45, 7) is 0. The van der Waals surface area contributed by atoms with Crippen LogP contribution in [0, 0.1) is 5.41 Å². The number of imidazole rings is 1. The van der Waals surface area contributed by atoms with Crippen molar-refractivity contribution in [2.75, 3.05) is 0 Å². The predicted octanol–water partition coefficient (Wildman–Crippen LogP) is 5.41. The van der Waals surface area contributed by atoms with E-state index in [1.54, 1.807) is 6.20 Å². The molecule has 1 aromatic carbocycles. The van der Waals surface area contributed by atoms with Crippen LogP contribution in [0.25, 0.3) is 16.9 Å². The largest absolute Gasteiger partial charge is 0.480 e. The van der Waals surface area contributed by atoms with Gasteiger partial charge in [-0.05, 0) is 71.4 Å². The molecule has 2 aromatic heterocycles. The molecule has 0 bridgehead atoms. The average Bonchev–Trinajstić information content (AvgIpc) is 3.24. The van der Waals surface area contributed by atoms with E-state index in [1.807, 2.05) is 36.4 Å². The molecule has 2 saturated carbocycles. The first-order valence-corrected chi connectivity index (χ1v) is 13.6. The number of rotatable bonds is 7. The van der Waals surface area contributed by atoms with Gasteiger partial charge in [-0.3, -0.25) is 9.36 Å². The highest BCUT2D eigenvalue weighted by Gasteiger charge is 2.53. The topological polar surface area (TPSA) is 97.1 Å². The highest BCUT2D eigenvalue weighted by Crippen LogP contribution is 2.53. The van der Waals surface area contributed by atoms with Gasteiger partial charge >= 0.3 is 5.97 Å². The van der Waals surface area contributed by atoms with Crippen LogP contribution in [0.3, 0.4) is 0 Å². The highest BCUT2D eigenvalue weighted by molar-refractivity contribution is 9.12. The number of carbonyl (C=O) groups is 2. The number of halogens is 1. The number of allylic oxidation sites excluding steroid dienone is 2. The van der Waals surface area contributed by atoms with Gasteiger partial charge in [-0.2, -0.15) is 0 Å². The zero-order valence-electron chi connectivity index (χ0n) is 20.0. The summed E-state index contributed by atoms with van der Waals surface area (Å²) in [5, 5.41) is 13.2. The molecule has 0 radical (unpaired) electrons. The molecule has 7 nitrogen and oxygen atoms in total. The number of pyridine rings is 1. The van der Waals surface area contributed by atoms with Crippen LogP contribution in [-0.2, 0) is 16.0 Å². The van der Waals surface area contributed by atoms with Crippen LogP contribution in [-0.4, -0.2) is 37.4 Å². The maximum atomic E-state index is 12.7. The number of carboxylic acids is 1. The maximum absolute atomic E-state index is 12.7. The average molecular weight is 549 g/mol. The van der Waals surface area contributed by atoms with Crippen LogP contribution in [0.15, 0.2) is 52.8 Å². The van der Waals surface area contributed by atoms with Crippen LogP contribution in [0.5, 0.6) is 0 Å². The number of hydrogen-bond donors (Lipinski definition) is 2. The number of aliphatic carboxylic acids is 1. The summed E-state index contributed by atoms with van der Waals surface area (Å²) >= 11 is 3.41. The van der Waals surface area contributed by atoms with Crippen molar-refractivity contribution >= 4 is 38.8 Å². The minimum absolute atomic E-state index is 0.113. The van der Waals surface area contributed by atoms with E-state index >= 15 is 0 Å². The van der Waals surface area contributed by atoms with Crippen molar-refractivity contribution in [3.63, 3.8) is 0 Å². The zero-order chi connectivity index (χ0) is 24.9. The number of nitrogens with zero attached hydrogens (tertiary/aromatic N) is 3. The summed E-state index contributed by atoms with van der Waals surface area (Å²) in [4.78, 5) is 34.4. The molecule has 8 heteroatoms. The van der Waals surface area contributed by atoms with Gasteiger partial charge < -0.3 is 10.4 Å². The number of benzene rings is 1. The maximum Gasteiger partial charge on any atom is 0.326 e. The molecule has 0 amide bonds. The molecule has 1 atom stereocenters. The third-order valence-electron chi connectivity index (χ3n) is 8.20. The fourth-order valence-electron chi connectivity index (χ4n) is 5.93. The minimum Gasteiger partial charge on any atom is -0.480 e. The minimum atomic E-state index is -0.922. The van der Waals surface area contributed by atoms with Crippen molar-refractivity contribution in [2.24, 2.45) is 5.41 Å². The molecule has 2 N–H and O–H groups in total. The molecule has 36 heavy (non-hydrogen) atoms. The monoisotopic (exact) mass is 548 g/mol. The first kappa shape index (κ1) is 23.4. The van der Waals surface area contributed by atoms with E-state index in [1.165, 1.54) is 6.42 Å². The Kier molecular flexibility index (Phi) is 5.94. The first-order valence-electron chi connectivity index (χ1n) is 12.8. The third kappa shape index (κ3) is 3.77. The standard InChI is InChI=1S/C28H29BrN4O3/c29-22-23(28(24(22)34)13-2-1-3-14-28)31-21(27(35)36)16-17-9-11-19(12-10-17)33-25(18-6-4-7-18)32-20-8-5-15-30-26(20)33/h5,8-12,15,18,21,31H,1-4,6-7,13-14,16H2,(H,35,36)/t21-/m0/s1. The van der Waals surface area contributed by atoms with Crippen molar-refractivity contribution in [3.8, 4) is 5.69 Å². The molecule has 0 aliphatic heterocycles. The van der Waals surface area contributed by atoms with E-state index in [2.05, 4.69) is 30.8 Å². The second-order valence-corrected chi connectivity index (χ2v) is 11.1. The molecule has 3 aliphatic carbocycles. The lowest BCUT2D eigenvalue weighted by molar-refractivity contribution is -0.140. The first-order chi connectivity index (χ1) is 17.5. The van der Waals surface area contributed by atoms with Gasteiger partial charge in [0, 0.05) is 29.9 Å². The van der Waals surface area contributed by atoms with Gasteiger partial charge in [0.25, 0.3) is 0 Å². The Morgan fingerprint density at radius 1 is 1.14 bits per heavy atom. The number of aromatic nitrogens is 3. The van der Waals surface area contributed by atoms with Crippen LogP contribution in [0.2, 0.25) is 0 Å². The van der Waals surface area contributed by atoms with Crippen molar-refractivity contribution in [1.29, 1.82) is 0 Å². The molecule has 3 aromatic rings. The molecule has 2 heterocycles. The number of hydrogen-bond acceptors (Lipinski definition) is 5. The fourth-order valence-corrected chi connectivity index (χ4v) is 6.81. The highest BCUT2D eigenvalue weighted by atomic mass is 79.9. The smallest absolute Gasteiger partial charge is 0.326 e. The van der Waals surface area contributed by atoms with Crippen molar-refractivity contribution < 1.29 is 14.7 Å². The van der Waals surface area contributed by atoms with Crippen LogP contribution >= 0.6 is 15.9 Å². The Hall–Kier alpha value is -3.00. The second-order valence-electron chi connectivity index (χ2n) is 10.3. The number of ketones is 1. The van der Waals surface area contributed by atoms with Crippen LogP contribution in [0.1, 0.15) is 68.7 Å². The van der Waals surface area contributed by atoms with E-state index in [4.69, 9.17) is 4.98 Å². The van der Waals surface area contributed by atoms with Crippen LogP contribution in [0.4, 0.5) is 0 Å². The lowest BCUT2D eigenvalue weighted by Crippen LogP contribution is -2.53. The lowest BCUT2D eigenvalue weighted by atomic mass is 9.62. The number of nitrogens with one attached hydrogen (secondary N) is 1. The molecule has 0 unspecified atom stereocenters. The summed E-state index contributed by atoms with van der Waals surface area (Å²) in [6, 6.07) is 11.1. The summed E-state index contributed by atoms with van der Waals surface area (Å²) < 4.78 is 2.65. The molecule has 186 valence electrons. The Morgan fingerprint density at radius 2 is 1.89 bits per heavy atom. The summed E-state index contributed by atoms with van der Waals surface area (Å²) in [5.74, 6) is 0.691. The van der Waals surface area contributed by atoms with E-state index in [-0.39, 0.29) is 5.78 Å². The number of carboxylic acid groups (broad SMARTS) is 1. The van der Waals surface area contributed by atoms with E-state index in [0.29, 0.717) is 16.8 Å². The van der Waals surface area contributed by atoms with Gasteiger partial charge in [-0.1, -0.05) is 37.8 Å². The lowest BCUT2D eigenvalue weighted by Gasteiger charge is -2.46. The normalized spacial score (nSPS) is 20.3. The van der Waals surface area contributed by atoms with E-state index in [9.17, 15) is 14.7 Å². The van der Waals surface area contributed by atoms with Gasteiger partial charge in [-0.15, -0.1) is 0 Å². The van der Waals surface area contributed by atoms with Gasteiger partial charge in [0.15, 0.2) is 11.4 Å². The number of Topliss-reactive ketones (excluding diaryl/α,β-unsaturated/α-hetero) is 1.